The average Bonchev–Trinajstić information content (AvgIpc) is 3.17. The molecule has 0 spiro atoms. The van der Waals surface area contributed by atoms with Crippen LogP contribution in [0.4, 0.5) is 11.5 Å². The molecule has 0 radical (unpaired) electrons. The quantitative estimate of drug-likeness (QED) is 0.581. The molecule has 3 rings (SSSR count). The van der Waals surface area contributed by atoms with Crippen LogP contribution in [0.1, 0.15) is 49.3 Å². The van der Waals surface area contributed by atoms with Gasteiger partial charge in [0.15, 0.2) is 11.5 Å². The molecule has 0 unspecified atom stereocenters. The molecule has 31 heavy (non-hydrogen) atoms. The molecule has 7 heteroatoms. The van der Waals surface area contributed by atoms with Crippen LogP contribution in [0.25, 0.3) is 5.69 Å². The van der Waals surface area contributed by atoms with Gasteiger partial charge in [-0.25, -0.2) is 4.68 Å². The van der Waals surface area contributed by atoms with Crippen molar-refractivity contribution < 1.29 is 14.3 Å². The van der Waals surface area contributed by atoms with E-state index in [4.69, 9.17) is 20.3 Å². The normalized spacial score (nSPS) is 11.3. The summed E-state index contributed by atoms with van der Waals surface area (Å²) in [4.78, 5) is 12.2. The minimum absolute atomic E-state index is 0.160. The lowest BCUT2D eigenvalue weighted by atomic mass is 9.92. The van der Waals surface area contributed by atoms with E-state index in [1.54, 1.807) is 19.2 Å². The number of carbonyl (C=O) groups excluding carboxylic acids is 1. The van der Waals surface area contributed by atoms with Gasteiger partial charge in [-0.05, 0) is 24.1 Å². The molecular weight excluding hydrogens is 392 g/mol. The van der Waals surface area contributed by atoms with Crippen LogP contribution in [0.15, 0.2) is 42.5 Å². The van der Waals surface area contributed by atoms with E-state index in [0.29, 0.717) is 22.7 Å². The van der Waals surface area contributed by atoms with Gasteiger partial charge in [0.2, 0.25) is 0 Å². The third kappa shape index (κ3) is 4.50. The van der Waals surface area contributed by atoms with Crippen molar-refractivity contribution >= 4 is 17.4 Å². The molecular formula is C24H30N4O3. The van der Waals surface area contributed by atoms with Crippen molar-refractivity contribution in [3.63, 3.8) is 0 Å². The Morgan fingerprint density at radius 1 is 1.10 bits per heavy atom. The maximum Gasteiger partial charge on any atom is 0.250 e. The van der Waals surface area contributed by atoms with Gasteiger partial charge in [0.05, 0.1) is 36.9 Å². The van der Waals surface area contributed by atoms with E-state index >= 15 is 0 Å². The first kappa shape index (κ1) is 22.2. The van der Waals surface area contributed by atoms with Crippen LogP contribution in [0, 0.1) is 0 Å². The van der Waals surface area contributed by atoms with Gasteiger partial charge >= 0.3 is 0 Å². The lowest BCUT2D eigenvalue weighted by Gasteiger charge is -2.16. The molecule has 0 saturated carbocycles. The lowest BCUT2D eigenvalue weighted by molar-refractivity contribution is 0.100. The number of nitrogens with one attached hydrogen (secondary N) is 1. The first-order valence-corrected chi connectivity index (χ1v) is 10.2. The molecule has 7 nitrogen and oxygen atoms in total. The molecule has 1 amide bonds. The highest BCUT2D eigenvalue weighted by Crippen LogP contribution is 2.36. The number of hydrogen-bond donors (Lipinski definition) is 2. The summed E-state index contributed by atoms with van der Waals surface area (Å²) >= 11 is 0. The second-order valence-corrected chi connectivity index (χ2v) is 8.30. The third-order valence-electron chi connectivity index (χ3n) is 5.13. The number of methoxy groups -OCH3 is 2. The van der Waals surface area contributed by atoms with Gasteiger partial charge in [0.25, 0.3) is 5.91 Å². The number of para-hydroxylation sites is 1. The Hall–Kier alpha value is -3.48. The smallest absolute Gasteiger partial charge is 0.250 e. The van der Waals surface area contributed by atoms with E-state index in [1.165, 1.54) is 7.11 Å². The Morgan fingerprint density at radius 3 is 2.32 bits per heavy atom. The van der Waals surface area contributed by atoms with Crippen LogP contribution in [0.2, 0.25) is 0 Å². The first-order valence-electron chi connectivity index (χ1n) is 10.2. The number of ether oxygens (including phenoxy) is 2. The second-order valence-electron chi connectivity index (χ2n) is 8.30. The van der Waals surface area contributed by atoms with Crippen molar-refractivity contribution in [1.82, 2.24) is 9.78 Å². The number of amides is 1. The number of aryl methyl sites for hydroxylation is 1. The molecule has 0 aliphatic rings. The predicted molar refractivity (Wildman–Crippen MR) is 123 cm³/mol. The highest BCUT2D eigenvalue weighted by Gasteiger charge is 2.23. The standard InChI is InChI=1S/C24H30N4O3/c1-7-15-10-8-9-11-18(15)28-22(14-21(27-28)24(2,3)4)26-17-13-20(31-6)19(30-5)12-16(17)23(25)29/h8-14,26H,7H2,1-6H3,(H2,25,29). The summed E-state index contributed by atoms with van der Waals surface area (Å²) in [5.41, 5.74) is 9.37. The van der Waals surface area contributed by atoms with Crippen molar-refractivity contribution in [2.45, 2.75) is 39.5 Å². The minimum atomic E-state index is -0.570. The van der Waals surface area contributed by atoms with E-state index in [-0.39, 0.29) is 5.41 Å². The van der Waals surface area contributed by atoms with Gasteiger partial charge in [0.1, 0.15) is 5.82 Å². The van der Waals surface area contributed by atoms with Gasteiger partial charge in [-0.2, -0.15) is 5.10 Å². The molecule has 0 fully saturated rings. The Labute approximate surface area is 183 Å². The molecule has 0 aliphatic carbocycles. The van der Waals surface area contributed by atoms with Crippen molar-refractivity contribution in [3.05, 3.63) is 59.3 Å². The maximum atomic E-state index is 12.2. The van der Waals surface area contributed by atoms with Crippen LogP contribution in [0.5, 0.6) is 11.5 Å². The first-order chi connectivity index (χ1) is 14.7. The molecule has 2 aromatic carbocycles. The molecule has 1 aromatic heterocycles. The summed E-state index contributed by atoms with van der Waals surface area (Å²) in [6.45, 7) is 8.45. The van der Waals surface area contributed by atoms with E-state index in [2.05, 4.69) is 39.1 Å². The Balaban J connectivity index is 2.20. The highest BCUT2D eigenvalue weighted by molar-refractivity contribution is 6.00. The van der Waals surface area contributed by atoms with Gasteiger partial charge in [-0.3, -0.25) is 4.79 Å². The minimum Gasteiger partial charge on any atom is -0.493 e. The Kier molecular flexibility index (Phi) is 6.24. The fraction of sp³-hybridized carbons (Fsp3) is 0.333. The topological polar surface area (TPSA) is 91.4 Å². The molecule has 164 valence electrons. The van der Waals surface area contributed by atoms with E-state index in [1.807, 2.05) is 28.9 Å². The molecule has 3 aromatic rings. The lowest BCUT2D eigenvalue weighted by Crippen LogP contribution is -2.15. The summed E-state index contributed by atoms with van der Waals surface area (Å²) in [5.74, 6) is 1.08. The van der Waals surface area contributed by atoms with Gasteiger partial charge < -0.3 is 20.5 Å². The number of anilines is 2. The summed E-state index contributed by atoms with van der Waals surface area (Å²) in [5, 5.41) is 8.24. The van der Waals surface area contributed by atoms with Crippen molar-refractivity contribution in [1.29, 1.82) is 0 Å². The summed E-state index contributed by atoms with van der Waals surface area (Å²) < 4.78 is 12.6. The van der Waals surface area contributed by atoms with Gasteiger partial charge in [-0.1, -0.05) is 45.9 Å². The number of benzene rings is 2. The number of primary amides is 1. The molecule has 0 bridgehead atoms. The van der Waals surface area contributed by atoms with Crippen LogP contribution in [0.3, 0.4) is 0 Å². The number of nitrogens with zero attached hydrogens (tertiary/aromatic N) is 2. The van der Waals surface area contributed by atoms with Gasteiger partial charge in [0, 0.05) is 17.5 Å². The third-order valence-corrected chi connectivity index (χ3v) is 5.13. The number of hydrogen-bond acceptors (Lipinski definition) is 5. The number of aromatic nitrogens is 2. The SMILES string of the molecule is CCc1ccccc1-n1nc(C(C)(C)C)cc1Nc1cc(OC)c(OC)cc1C(N)=O. The zero-order chi connectivity index (χ0) is 22.8. The Bertz CT molecular complexity index is 1100. The predicted octanol–water partition coefficient (Wildman–Crippen LogP) is 4.59. The fourth-order valence-corrected chi connectivity index (χ4v) is 3.36. The monoisotopic (exact) mass is 422 g/mol. The van der Waals surface area contributed by atoms with Crippen molar-refractivity contribution in [2.75, 3.05) is 19.5 Å². The van der Waals surface area contributed by atoms with Crippen LogP contribution in [-0.2, 0) is 11.8 Å². The van der Waals surface area contributed by atoms with Crippen LogP contribution < -0.4 is 20.5 Å². The molecule has 0 atom stereocenters. The van der Waals surface area contributed by atoms with Crippen LogP contribution >= 0.6 is 0 Å². The van der Waals surface area contributed by atoms with Crippen LogP contribution in [-0.4, -0.2) is 29.9 Å². The van der Waals surface area contributed by atoms with E-state index in [0.717, 1.165) is 29.2 Å². The largest absolute Gasteiger partial charge is 0.493 e. The number of rotatable bonds is 7. The van der Waals surface area contributed by atoms with Gasteiger partial charge in [-0.15, -0.1) is 0 Å². The second kappa shape index (κ2) is 8.71. The highest BCUT2D eigenvalue weighted by atomic mass is 16.5. The zero-order valence-corrected chi connectivity index (χ0v) is 18.9. The van der Waals surface area contributed by atoms with Crippen molar-refractivity contribution in [2.24, 2.45) is 5.73 Å². The zero-order valence-electron chi connectivity index (χ0n) is 18.9. The average molecular weight is 423 g/mol. The molecule has 0 saturated heterocycles. The number of carbonyl (C=O) groups is 1. The maximum absolute atomic E-state index is 12.2. The molecule has 0 aliphatic heterocycles. The van der Waals surface area contributed by atoms with E-state index < -0.39 is 5.91 Å². The Morgan fingerprint density at radius 2 is 1.74 bits per heavy atom. The summed E-state index contributed by atoms with van der Waals surface area (Å²) in [6.07, 6.45) is 0.864. The number of nitrogens with two attached hydrogens (primary N) is 1. The fourth-order valence-electron chi connectivity index (χ4n) is 3.36. The van der Waals surface area contributed by atoms with Crippen molar-refractivity contribution in [3.8, 4) is 17.2 Å². The molecule has 3 N–H and O–H groups in total. The van der Waals surface area contributed by atoms with E-state index in [9.17, 15) is 4.79 Å². The summed E-state index contributed by atoms with van der Waals surface area (Å²) in [7, 11) is 3.06. The summed E-state index contributed by atoms with van der Waals surface area (Å²) in [6, 6.07) is 13.4. The molecule has 1 heterocycles.